The van der Waals surface area contributed by atoms with E-state index < -0.39 is 0 Å². The van der Waals surface area contributed by atoms with E-state index in [1.807, 2.05) is 0 Å². The van der Waals surface area contributed by atoms with E-state index in [0.29, 0.717) is 18.1 Å². The van der Waals surface area contributed by atoms with E-state index in [9.17, 15) is 0 Å². The number of hydrogen-bond donors (Lipinski definition) is 1. The van der Waals surface area contributed by atoms with E-state index in [4.69, 9.17) is 16.3 Å². The van der Waals surface area contributed by atoms with E-state index in [-0.39, 0.29) is 5.54 Å². The normalized spacial score (nSPS) is 31.7. The van der Waals surface area contributed by atoms with Crippen LogP contribution in [0.4, 0.5) is 0 Å². The molecule has 0 aliphatic carbocycles. The molecule has 0 spiro atoms. The highest BCUT2D eigenvalue weighted by Crippen LogP contribution is 2.19. The van der Waals surface area contributed by atoms with Crippen molar-refractivity contribution >= 4 is 11.6 Å². The first-order chi connectivity index (χ1) is 6.59. The van der Waals surface area contributed by atoms with Crippen LogP contribution in [0, 0.1) is 0 Å². The molecule has 0 saturated carbocycles. The third kappa shape index (κ3) is 3.41. The van der Waals surface area contributed by atoms with Crippen LogP contribution < -0.4 is 5.32 Å². The van der Waals surface area contributed by atoms with Gasteiger partial charge in [-0.2, -0.15) is 0 Å². The molecule has 84 valence electrons. The highest BCUT2D eigenvalue weighted by molar-refractivity contribution is 6.18. The van der Waals surface area contributed by atoms with Gasteiger partial charge < -0.3 is 10.1 Å². The van der Waals surface area contributed by atoms with Crippen LogP contribution in [0.3, 0.4) is 0 Å². The Morgan fingerprint density at radius 1 is 1.50 bits per heavy atom. The third-order valence-corrected chi connectivity index (χ3v) is 3.74. The molecule has 1 rings (SSSR count). The van der Waals surface area contributed by atoms with Crippen molar-refractivity contribution in [3.8, 4) is 0 Å². The van der Waals surface area contributed by atoms with E-state index in [1.54, 1.807) is 0 Å². The lowest BCUT2D eigenvalue weighted by molar-refractivity contribution is 0.0517. The molecule has 0 aromatic carbocycles. The van der Waals surface area contributed by atoms with Gasteiger partial charge in [-0.05, 0) is 33.1 Å². The maximum atomic E-state index is 5.92. The van der Waals surface area contributed by atoms with Gasteiger partial charge >= 0.3 is 0 Å². The zero-order chi connectivity index (χ0) is 10.6. The zero-order valence-electron chi connectivity index (χ0n) is 9.48. The SMILES string of the molecule is CCC(C)(CCl)NCC1CCC(C)O1. The fourth-order valence-electron chi connectivity index (χ4n) is 1.66. The molecule has 14 heavy (non-hydrogen) atoms. The second-order valence-electron chi connectivity index (χ2n) is 4.57. The van der Waals surface area contributed by atoms with Gasteiger partial charge in [-0.3, -0.25) is 0 Å². The lowest BCUT2D eigenvalue weighted by Crippen LogP contribution is -2.46. The maximum Gasteiger partial charge on any atom is 0.0704 e. The summed E-state index contributed by atoms with van der Waals surface area (Å²) in [5.41, 5.74) is 0.0662. The highest BCUT2D eigenvalue weighted by Gasteiger charge is 2.25. The largest absolute Gasteiger partial charge is 0.374 e. The molecule has 1 heterocycles. The molecular formula is C11H22ClNO. The summed E-state index contributed by atoms with van der Waals surface area (Å²) in [5, 5.41) is 3.50. The minimum Gasteiger partial charge on any atom is -0.374 e. The van der Waals surface area contributed by atoms with Crippen LogP contribution in [0.5, 0.6) is 0 Å². The van der Waals surface area contributed by atoms with Crippen LogP contribution >= 0.6 is 11.6 Å². The molecule has 0 aromatic heterocycles. The van der Waals surface area contributed by atoms with Gasteiger partial charge in [-0.25, -0.2) is 0 Å². The first-order valence-corrected chi connectivity index (χ1v) is 6.09. The van der Waals surface area contributed by atoms with Gasteiger partial charge in [0.15, 0.2) is 0 Å². The van der Waals surface area contributed by atoms with Crippen LogP contribution in [0.2, 0.25) is 0 Å². The average Bonchev–Trinajstić information content (AvgIpc) is 2.61. The Kier molecular flexibility index (Phi) is 4.68. The third-order valence-electron chi connectivity index (χ3n) is 3.15. The van der Waals surface area contributed by atoms with Gasteiger partial charge in [0.25, 0.3) is 0 Å². The molecule has 1 aliphatic rings. The Morgan fingerprint density at radius 3 is 2.64 bits per heavy atom. The van der Waals surface area contributed by atoms with Crippen molar-refractivity contribution in [1.29, 1.82) is 0 Å². The van der Waals surface area contributed by atoms with Gasteiger partial charge in [0.2, 0.25) is 0 Å². The van der Waals surface area contributed by atoms with Crippen molar-refractivity contribution in [3.05, 3.63) is 0 Å². The Bertz CT molecular complexity index is 171. The monoisotopic (exact) mass is 219 g/mol. The second-order valence-corrected chi connectivity index (χ2v) is 4.84. The standard InChI is InChI=1S/C11H22ClNO/c1-4-11(3,8-12)13-7-10-6-5-9(2)14-10/h9-10,13H,4-8H2,1-3H3. The molecule has 0 bridgehead atoms. The summed E-state index contributed by atoms with van der Waals surface area (Å²) in [7, 11) is 0. The molecule has 1 saturated heterocycles. The predicted molar refractivity (Wildman–Crippen MR) is 61.0 cm³/mol. The average molecular weight is 220 g/mol. The van der Waals surface area contributed by atoms with Crippen LogP contribution in [0.25, 0.3) is 0 Å². The van der Waals surface area contributed by atoms with Gasteiger partial charge in [0.1, 0.15) is 0 Å². The van der Waals surface area contributed by atoms with Crippen molar-refractivity contribution in [2.24, 2.45) is 0 Å². The van der Waals surface area contributed by atoms with Gasteiger partial charge in [-0.1, -0.05) is 6.92 Å². The lowest BCUT2D eigenvalue weighted by Gasteiger charge is -2.28. The number of ether oxygens (including phenoxy) is 1. The van der Waals surface area contributed by atoms with Crippen molar-refractivity contribution in [2.75, 3.05) is 12.4 Å². The zero-order valence-corrected chi connectivity index (χ0v) is 10.2. The summed E-state index contributed by atoms with van der Waals surface area (Å²) in [6.07, 6.45) is 4.25. The molecule has 1 fully saturated rings. The van der Waals surface area contributed by atoms with Crippen molar-refractivity contribution < 1.29 is 4.74 Å². The van der Waals surface area contributed by atoms with Gasteiger partial charge in [0, 0.05) is 18.0 Å². The van der Waals surface area contributed by atoms with Gasteiger partial charge in [0.05, 0.1) is 12.2 Å². The van der Waals surface area contributed by atoms with Crippen molar-refractivity contribution in [2.45, 2.75) is 57.8 Å². The molecule has 0 radical (unpaired) electrons. The summed E-state index contributed by atoms with van der Waals surface area (Å²) < 4.78 is 5.74. The molecule has 3 unspecified atom stereocenters. The lowest BCUT2D eigenvalue weighted by atomic mass is 10.0. The van der Waals surface area contributed by atoms with Crippen LogP contribution in [-0.4, -0.2) is 30.2 Å². The number of halogens is 1. The van der Waals surface area contributed by atoms with Crippen LogP contribution in [-0.2, 0) is 4.74 Å². The Labute approximate surface area is 92.3 Å². The fourth-order valence-corrected chi connectivity index (χ4v) is 1.95. The second kappa shape index (κ2) is 5.34. The number of nitrogens with one attached hydrogen (secondary N) is 1. The molecule has 0 aromatic rings. The molecular weight excluding hydrogens is 198 g/mol. The Hall–Kier alpha value is 0.210. The summed E-state index contributed by atoms with van der Waals surface area (Å²) in [6.45, 7) is 7.40. The number of rotatable bonds is 5. The number of alkyl halides is 1. The number of hydrogen-bond acceptors (Lipinski definition) is 2. The predicted octanol–water partition coefficient (Wildman–Crippen LogP) is 2.55. The highest BCUT2D eigenvalue weighted by atomic mass is 35.5. The topological polar surface area (TPSA) is 21.3 Å². The minimum atomic E-state index is 0.0662. The van der Waals surface area contributed by atoms with Crippen molar-refractivity contribution in [1.82, 2.24) is 5.32 Å². The molecule has 0 amide bonds. The molecule has 2 nitrogen and oxygen atoms in total. The van der Waals surface area contributed by atoms with E-state index in [0.717, 1.165) is 13.0 Å². The van der Waals surface area contributed by atoms with E-state index in [1.165, 1.54) is 12.8 Å². The van der Waals surface area contributed by atoms with Crippen molar-refractivity contribution in [3.63, 3.8) is 0 Å². The molecule has 3 heteroatoms. The summed E-state index contributed by atoms with van der Waals surface area (Å²) in [4.78, 5) is 0. The van der Waals surface area contributed by atoms with E-state index >= 15 is 0 Å². The smallest absolute Gasteiger partial charge is 0.0704 e. The molecule has 3 atom stereocenters. The molecule has 1 N–H and O–H groups in total. The fraction of sp³-hybridized carbons (Fsp3) is 1.00. The first-order valence-electron chi connectivity index (χ1n) is 5.56. The summed E-state index contributed by atoms with van der Waals surface area (Å²) in [6, 6.07) is 0. The Balaban J connectivity index is 2.25. The first kappa shape index (κ1) is 12.3. The van der Waals surface area contributed by atoms with Crippen LogP contribution in [0.15, 0.2) is 0 Å². The van der Waals surface area contributed by atoms with E-state index in [2.05, 4.69) is 26.1 Å². The maximum absolute atomic E-state index is 5.92. The summed E-state index contributed by atoms with van der Waals surface area (Å²) >= 11 is 5.92. The van der Waals surface area contributed by atoms with Crippen LogP contribution in [0.1, 0.15) is 40.0 Å². The Morgan fingerprint density at radius 2 is 2.21 bits per heavy atom. The van der Waals surface area contributed by atoms with Gasteiger partial charge in [-0.15, -0.1) is 11.6 Å². The minimum absolute atomic E-state index is 0.0662. The quantitative estimate of drug-likeness (QED) is 0.718. The summed E-state index contributed by atoms with van der Waals surface area (Å²) in [5.74, 6) is 0.659. The molecule has 1 aliphatic heterocycles.